The van der Waals surface area contributed by atoms with Gasteiger partial charge in [0.15, 0.2) is 0 Å². The summed E-state index contributed by atoms with van der Waals surface area (Å²) in [5.74, 6) is 1.11. The lowest BCUT2D eigenvalue weighted by molar-refractivity contribution is 0.0792. The maximum Gasteiger partial charge on any atom is 0.263 e. The average molecular weight is 480 g/mol. The van der Waals surface area contributed by atoms with Crippen LogP contribution in [-0.4, -0.2) is 67.1 Å². The number of hydrogen-bond donors (Lipinski definition) is 1. The number of benzene rings is 1. The summed E-state index contributed by atoms with van der Waals surface area (Å²) in [7, 11) is -3.69. The van der Waals surface area contributed by atoms with Crippen molar-refractivity contribution < 1.29 is 18.0 Å². The van der Waals surface area contributed by atoms with E-state index in [9.17, 15) is 18.0 Å². The van der Waals surface area contributed by atoms with Gasteiger partial charge in [0.25, 0.3) is 11.8 Å². The summed E-state index contributed by atoms with van der Waals surface area (Å²) in [5, 5.41) is 4.45. The zero-order valence-corrected chi connectivity index (χ0v) is 19.5. The number of amides is 2. The molecule has 3 heterocycles. The quantitative estimate of drug-likeness (QED) is 0.688. The van der Waals surface area contributed by atoms with E-state index in [2.05, 4.69) is 5.32 Å². The minimum atomic E-state index is -3.69. The van der Waals surface area contributed by atoms with Crippen LogP contribution in [0.4, 0.5) is 0 Å². The molecule has 1 N–H and O–H groups in total. The fourth-order valence-electron chi connectivity index (χ4n) is 3.77. The van der Waals surface area contributed by atoms with Crippen molar-refractivity contribution in [2.45, 2.75) is 24.3 Å². The van der Waals surface area contributed by atoms with Crippen LogP contribution in [-0.2, 0) is 16.6 Å². The van der Waals surface area contributed by atoms with E-state index in [1.165, 1.54) is 10.4 Å². The maximum absolute atomic E-state index is 13.0. The number of thioether (sulfide) groups is 1. The Kier molecular flexibility index (Phi) is 7.00. The molecular formula is C21H25N3O4S3. The van der Waals surface area contributed by atoms with Gasteiger partial charge in [-0.2, -0.15) is 16.1 Å². The summed E-state index contributed by atoms with van der Waals surface area (Å²) >= 11 is 2.85. The molecule has 2 fully saturated rings. The highest BCUT2D eigenvalue weighted by molar-refractivity contribution is 7.99. The second-order valence-corrected chi connectivity index (χ2v) is 11.6. The van der Waals surface area contributed by atoms with E-state index < -0.39 is 15.9 Å². The third-order valence-electron chi connectivity index (χ3n) is 5.44. The summed E-state index contributed by atoms with van der Waals surface area (Å²) < 4.78 is 27.4. The summed E-state index contributed by atoms with van der Waals surface area (Å²) in [6.07, 6.45) is 2.06. The van der Waals surface area contributed by atoms with E-state index in [-0.39, 0.29) is 22.2 Å². The van der Waals surface area contributed by atoms with Crippen molar-refractivity contribution in [3.05, 3.63) is 51.7 Å². The number of nitrogens with zero attached hydrogens (tertiary/aromatic N) is 2. The van der Waals surface area contributed by atoms with Gasteiger partial charge in [-0.1, -0.05) is 12.1 Å². The van der Waals surface area contributed by atoms with Gasteiger partial charge in [0.2, 0.25) is 10.0 Å². The second-order valence-electron chi connectivity index (χ2n) is 7.51. The van der Waals surface area contributed by atoms with Crippen LogP contribution in [0.3, 0.4) is 0 Å². The fraction of sp³-hybridized carbons (Fsp3) is 0.429. The van der Waals surface area contributed by atoms with Crippen molar-refractivity contribution in [2.75, 3.05) is 37.7 Å². The van der Waals surface area contributed by atoms with Crippen molar-refractivity contribution in [3.8, 4) is 0 Å². The highest BCUT2D eigenvalue weighted by atomic mass is 32.2. The number of sulfonamides is 1. The third kappa shape index (κ3) is 4.97. The molecule has 0 spiro atoms. The Hall–Kier alpha value is -1.88. The molecule has 0 bridgehead atoms. The first kappa shape index (κ1) is 22.3. The van der Waals surface area contributed by atoms with E-state index in [1.54, 1.807) is 35.3 Å². The Labute approximate surface area is 190 Å². The predicted octanol–water partition coefficient (Wildman–Crippen LogP) is 2.65. The number of carbonyl (C=O) groups is 2. The molecule has 0 unspecified atom stereocenters. The van der Waals surface area contributed by atoms with Gasteiger partial charge in [0, 0.05) is 49.8 Å². The topological polar surface area (TPSA) is 86.8 Å². The van der Waals surface area contributed by atoms with Crippen molar-refractivity contribution >= 4 is 44.9 Å². The molecule has 2 saturated heterocycles. The van der Waals surface area contributed by atoms with E-state index in [1.807, 2.05) is 11.0 Å². The van der Waals surface area contributed by atoms with Gasteiger partial charge >= 0.3 is 0 Å². The largest absolute Gasteiger partial charge is 0.347 e. The van der Waals surface area contributed by atoms with Gasteiger partial charge in [-0.25, -0.2) is 8.42 Å². The van der Waals surface area contributed by atoms with Crippen LogP contribution in [0.25, 0.3) is 0 Å². The van der Waals surface area contributed by atoms with Crippen molar-refractivity contribution in [3.63, 3.8) is 0 Å². The molecule has 1 aromatic heterocycles. The summed E-state index contributed by atoms with van der Waals surface area (Å²) in [6.45, 7) is 2.71. The molecule has 31 heavy (non-hydrogen) atoms. The number of nitrogens with one attached hydrogen (secondary N) is 1. The number of carbonyl (C=O) groups excluding carboxylic acids is 2. The van der Waals surface area contributed by atoms with Crippen LogP contribution in [0.1, 0.15) is 38.4 Å². The average Bonchev–Trinajstić information content (AvgIpc) is 3.50. The van der Waals surface area contributed by atoms with Gasteiger partial charge in [-0.05, 0) is 42.0 Å². The Bertz CT molecular complexity index is 1060. The van der Waals surface area contributed by atoms with Gasteiger partial charge in [0.05, 0.1) is 0 Å². The van der Waals surface area contributed by atoms with Crippen molar-refractivity contribution in [2.24, 2.45) is 0 Å². The molecule has 0 atom stereocenters. The number of hydrogen-bond acceptors (Lipinski definition) is 6. The summed E-state index contributed by atoms with van der Waals surface area (Å²) in [4.78, 5) is 27.5. The van der Waals surface area contributed by atoms with Crippen LogP contribution < -0.4 is 5.32 Å². The monoisotopic (exact) mass is 479 g/mol. The molecule has 2 aromatic rings. The molecule has 0 aliphatic carbocycles. The first-order chi connectivity index (χ1) is 15.0. The molecule has 0 radical (unpaired) electrons. The zero-order chi connectivity index (χ0) is 21.8. The lowest BCUT2D eigenvalue weighted by Crippen LogP contribution is -2.38. The SMILES string of the molecule is O=C(NCc1cccc(C(=O)N2CCCC2)c1)c1sccc1S(=O)(=O)N1CCSCC1. The minimum Gasteiger partial charge on any atom is -0.347 e. The van der Waals surface area contributed by atoms with Crippen molar-refractivity contribution in [1.29, 1.82) is 0 Å². The maximum atomic E-state index is 13.0. The lowest BCUT2D eigenvalue weighted by atomic mass is 10.1. The van der Waals surface area contributed by atoms with Crippen molar-refractivity contribution in [1.82, 2.24) is 14.5 Å². The van der Waals surface area contributed by atoms with Crippen LogP contribution in [0.15, 0.2) is 40.6 Å². The van der Waals surface area contributed by atoms with Gasteiger partial charge < -0.3 is 10.2 Å². The van der Waals surface area contributed by atoms with E-state index in [4.69, 9.17) is 0 Å². The first-order valence-electron chi connectivity index (χ1n) is 10.3. The highest BCUT2D eigenvalue weighted by Crippen LogP contribution is 2.27. The zero-order valence-electron chi connectivity index (χ0n) is 17.1. The number of thiophene rings is 1. The number of likely N-dealkylation sites (tertiary alicyclic amines) is 1. The van der Waals surface area contributed by atoms with Gasteiger partial charge in [-0.3, -0.25) is 9.59 Å². The highest BCUT2D eigenvalue weighted by Gasteiger charge is 2.31. The number of rotatable bonds is 6. The lowest BCUT2D eigenvalue weighted by Gasteiger charge is -2.25. The first-order valence-corrected chi connectivity index (χ1v) is 13.8. The molecule has 166 valence electrons. The Morgan fingerprint density at radius 3 is 2.52 bits per heavy atom. The molecule has 7 nitrogen and oxygen atoms in total. The summed E-state index contributed by atoms with van der Waals surface area (Å²) in [6, 6.07) is 8.73. The molecule has 4 rings (SSSR count). The van der Waals surface area contributed by atoms with Gasteiger partial charge in [-0.15, -0.1) is 11.3 Å². The second kappa shape index (κ2) is 9.72. The molecule has 2 aliphatic heterocycles. The Morgan fingerprint density at radius 2 is 1.77 bits per heavy atom. The van der Waals surface area contributed by atoms with Gasteiger partial charge in [0.1, 0.15) is 9.77 Å². The molecule has 0 saturated carbocycles. The van der Waals surface area contributed by atoms with Crippen LogP contribution in [0.5, 0.6) is 0 Å². The smallest absolute Gasteiger partial charge is 0.263 e. The standard InChI is InChI=1S/C21H25N3O4S3/c25-20(19-18(6-11-30-19)31(27,28)24-9-12-29-13-10-24)22-15-16-4-3-5-17(14-16)21(26)23-7-1-2-8-23/h3-6,11,14H,1-2,7-10,12-13,15H2,(H,22,25). The molecule has 2 aliphatic rings. The predicted molar refractivity (Wildman–Crippen MR) is 123 cm³/mol. The van der Waals surface area contributed by atoms with Crippen LogP contribution in [0.2, 0.25) is 0 Å². The molecular weight excluding hydrogens is 454 g/mol. The Morgan fingerprint density at radius 1 is 1.03 bits per heavy atom. The minimum absolute atomic E-state index is 0.0111. The normalized spacial score (nSPS) is 17.6. The van der Waals surface area contributed by atoms with E-state index >= 15 is 0 Å². The third-order valence-corrected chi connectivity index (χ3v) is 9.37. The van der Waals surface area contributed by atoms with Crippen LogP contribution >= 0.6 is 23.1 Å². The Balaban J connectivity index is 1.44. The fourth-order valence-corrected chi connectivity index (χ4v) is 7.66. The molecule has 10 heteroatoms. The molecule has 1 aromatic carbocycles. The summed E-state index contributed by atoms with van der Waals surface area (Å²) in [5.41, 5.74) is 1.41. The molecule has 2 amide bonds. The van der Waals surface area contributed by atoms with Crippen LogP contribution in [0, 0.1) is 0 Å². The van der Waals surface area contributed by atoms with E-state index in [0.29, 0.717) is 18.7 Å². The van der Waals surface area contributed by atoms with E-state index in [0.717, 1.165) is 54.3 Å².